The van der Waals surface area contributed by atoms with Crippen LogP contribution in [0.2, 0.25) is 0 Å². The molecule has 3 aliphatic carbocycles. The molecule has 0 aliphatic heterocycles. The maximum absolute atomic E-state index is 12.5. The lowest BCUT2D eigenvalue weighted by Crippen LogP contribution is -2.42. The van der Waals surface area contributed by atoms with Crippen LogP contribution in [0.1, 0.15) is 67.2 Å². The molecule has 5 rings (SSSR count). The SMILES string of the molecule is C[C@]12CC[C@@H]3c4ccc(C#Cc5ccccc5)cc4CC[C@H]3[C@@H]1CCC2=O. The van der Waals surface area contributed by atoms with Crippen LogP contribution in [0.5, 0.6) is 0 Å². The van der Waals surface area contributed by atoms with Crippen molar-refractivity contribution in [3.05, 3.63) is 70.8 Å². The Balaban J connectivity index is 1.43. The van der Waals surface area contributed by atoms with Gasteiger partial charge in [-0.3, -0.25) is 4.79 Å². The maximum atomic E-state index is 12.5. The van der Waals surface area contributed by atoms with Crippen LogP contribution in [0.25, 0.3) is 0 Å². The third-order valence-electron chi connectivity index (χ3n) is 7.56. The molecule has 2 fully saturated rings. The number of carbonyl (C=O) groups is 1. The highest BCUT2D eigenvalue weighted by Gasteiger charge is 2.54. The van der Waals surface area contributed by atoms with Gasteiger partial charge in [0.15, 0.2) is 0 Å². The summed E-state index contributed by atoms with van der Waals surface area (Å²) in [7, 11) is 0. The molecule has 0 saturated heterocycles. The monoisotopic (exact) mass is 354 g/mol. The number of hydrogen-bond donors (Lipinski definition) is 0. The Kier molecular flexibility index (Phi) is 3.97. The first kappa shape index (κ1) is 16.8. The van der Waals surface area contributed by atoms with Gasteiger partial charge < -0.3 is 0 Å². The average molecular weight is 354 g/mol. The Labute approximate surface area is 162 Å². The number of fused-ring (bicyclic) bond motifs is 5. The predicted octanol–water partition coefficient (Wildman–Crippen LogP) is 5.51. The van der Waals surface area contributed by atoms with Crippen molar-refractivity contribution >= 4 is 5.78 Å². The largest absolute Gasteiger partial charge is 0.299 e. The highest BCUT2D eigenvalue weighted by Crippen LogP contribution is 2.59. The highest BCUT2D eigenvalue weighted by atomic mass is 16.1. The van der Waals surface area contributed by atoms with Gasteiger partial charge in [0.05, 0.1) is 0 Å². The molecule has 0 radical (unpaired) electrons. The van der Waals surface area contributed by atoms with Crippen molar-refractivity contribution in [1.29, 1.82) is 0 Å². The summed E-state index contributed by atoms with van der Waals surface area (Å²) in [4.78, 5) is 12.5. The first-order valence-electron chi connectivity index (χ1n) is 10.4. The lowest BCUT2D eigenvalue weighted by molar-refractivity contribution is -0.129. The van der Waals surface area contributed by atoms with Gasteiger partial charge in [-0.05, 0) is 85.3 Å². The lowest BCUT2D eigenvalue weighted by atomic mass is 9.55. The molecule has 27 heavy (non-hydrogen) atoms. The van der Waals surface area contributed by atoms with Gasteiger partial charge in [0, 0.05) is 23.0 Å². The quantitative estimate of drug-likeness (QED) is 0.570. The summed E-state index contributed by atoms with van der Waals surface area (Å²) in [5.74, 6) is 9.10. The summed E-state index contributed by atoms with van der Waals surface area (Å²) in [6, 6.07) is 17.0. The van der Waals surface area contributed by atoms with E-state index in [1.807, 2.05) is 18.2 Å². The minimum absolute atomic E-state index is 0.0280. The molecule has 0 amide bonds. The van der Waals surface area contributed by atoms with E-state index in [9.17, 15) is 4.79 Å². The molecule has 1 heteroatoms. The smallest absolute Gasteiger partial charge is 0.139 e. The van der Waals surface area contributed by atoms with E-state index in [0.717, 1.165) is 36.8 Å². The normalized spacial score (nSPS) is 31.3. The van der Waals surface area contributed by atoms with E-state index in [2.05, 4.69) is 49.1 Å². The van der Waals surface area contributed by atoms with Gasteiger partial charge in [0.25, 0.3) is 0 Å². The molecule has 136 valence electrons. The van der Waals surface area contributed by atoms with Gasteiger partial charge in [0.1, 0.15) is 5.78 Å². The minimum atomic E-state index is -0.0280. The van der Waals surface area contributed by atoms with Crippen molar-refractivity contribution in [3.8, 4) is 11.8 Å². The number of aryl methyl sites for hydroxylation is 1. The van der Waals surface area contributed by atoms with Crippen molar-refractivity contribution in [2.24, 2.45) is 17.3 Å². The summed E-state index contributed by atoms with van der Waals surface area (Å²) >= 11 is 0. The van der Waals surface area contributed by atoms with Gasteiger partial charge in [0.2, 0.25) is 0 Å². The van der Waals surface area contributed by atoms with E-state index in [-0.39, 0.29) is 5.41 Å². The Morgan fingerprint density at radius 1 is 0.926 bits per heavy atom. The number of ketones is 1. The van der Waals surface area contributed by atoms with Crippen molar-refractivity contribution in [1.82, 2.24) is 0 Å². The average Bonchev–Trinajstić information content (AvgIpc) is 3.01. The summed E-state index contributed by atoms with van der Waals surface area (Å²) < 4.78 is 0. The summed E-state index contributed by atoms with van der Waals surface area (Å²) in [6.07, 6.45) is 6.55. The summed E-state index contributed by atoms with van der Waals surface area (Å²) in [6.45, 7) is 2.25. The molecule has 2 saturated carbocycles. The molecule has 0 N–H and O–H groups in total. The van der Waals surface area contributed by atoms with Crippen LogP contribution in [-0.2, 0) is 11.2 Å². The van der Waals surface area contributed by atoms with Crippen LogP contribution in [-0.4, -0.2) is 5.78 Å². The van der Waals surface area contributed by atoms with Crippen LogP contribution in [0.3, 0.4) is 0 Å². The van der Waals surface area contributed by atoms with Gasteiger partial charge in [-0.25, -0.2) is 0 Å². The number of rotatable bonds is 0. The fourth-order valence-corrected chi connectivity index (χ4v) is 6.10. The predicted molar refractivity (Wildman–Crippen MR) is 108 cm³/mol. The number of hydrogen-bond acceptors (Lipinski definition) is 1. The first-order chi connectivity index (χ1) is 13.1. The molecule has 1 nitrogen and oxygen atoms in total. The number of Topliss-reactive ketones (excluding diaryl/α,β-unsaturated/α-hetero) is 1. The third kappa shape index (κ3) is 2.74. The molecule has 2 aromatic carbocycles. The van der Waals surface area contributed by atoms with Crippen molar-refractivity contribution in [2.75, 3.05) is 0 Å². The molecular weight excluding hydrogens is 328 g/mol. The summed E-state index contributed by atoms with van der Waals surface area (Å²) in [5.41, 5.74) is 5.18. The molecule has 2 aromatic rings. The second-order valence-corrected chi connectivity index (χ2v) is 8.86. The van der Waals surface area contributed by atoms with Crippen LogP contribution in [0.15, 0.2) is 48.5 Å². The molecule has 0 bridgehead atoms. The zero-order chi connectivity index (χ0) is 18.4. The molecule has 0 aromatic heterocycles. The van der Waals surface area contributed by atoms with E-state index >= 15 is 0 Å². The van der Waals surface area contributed by atoms with Gasteiger partial charge >= 0.3 is 0 Å². The molecular formula is C26H26O. The maximum Gasteiger partial charge on any atom is 0.139 e. The van der Waals surface area contributed by atoms with Gasteiger partial charge in [-0.15, -0.1) is 0 Å². The fraction of sp³-hybridized carbons (Fsp3) is 0.423. The van der Waals surface area contributed by atoms with Crippen LogP contribution in [0, 0.1) is 29.1 Å². The lowest BCUT2D eigenvalue weighted by Gasteiger charge is -2.48. The van der Waals surface area contributed by atoms with Crippen molar-refractivity contribution in [3.63, 3.8) is 0 Å². The van der Waals surface area contributed by atoms with E-state index in [1.54, 1.807) is 0 Å². The standard InChI is InChI=1S/C26H26O/c1-26-16-15-22-21-11-9-19(8-7-18-5-3-2-4-6-18)17-20(21)10-12-23(22)24(26)13-14-25(26)27/h2-6,9,11,17,22-24H,10,12-16H2,1H3/t22-,23-,24+,26+/m1/s1. The Morgan fingerprint density at radius 3 is 2.59 bits per heavy atom. The first-order valence-corrected chi connectivity index (χ1v) is 10.4. The van der Waals surface area contributed by atoms with E-state index in [0.29, 0.717) is 23.5 Å². The Hall–Kier alpha value is -2.33. The van der Waals surface area contributed by atoms with E-state index < -0.39 is 0 Å². The Morgan fingerprint density at radius 2 is 1.74 bits per heavy atom. The molecule has 0 unspecified atom stereocenters. The van der Waals surface area contributed by atoms with Crippen LogP contribution >= 0.6 is 0 Å². The van der Waals surface area contributed by atoms with Crippen LogP contribution in [0.4, 0.5) is 0 Å². The topological polar surface area (TPSA) is 17.1 Å². The zero-order valence-corrected chi connectivity index (χ0v) is 16.0. The van der Waals surface area contributed by atoms with Gasteiger partial charge in [-0.2, -0.15) is 0 Å². The third-order valence-corrected chi connectivity index (χ3v) is 7.56. The van der Waals surface area contributed by atoms with Crippen molar-refractivity contribution in [2.45, 2.75) is 51.4 Å². The zero-order valence-electron chi connectivity index (χ0n) is 16.0. The van der Waals surface area contributed by atoms with E-state index in [4.69, 9.17) is 0 Å². The van der Waals surface area contributed by atoms with Crippen LogP contribution < -0.4 is 0 Å². The second kappa shape index (κ2) is 6.38. The molecule has 0 heterocycles. The highest BCUT2D eigenvalue weighted by molar-refractivity contribution is 5.87. The minimum Gasteiger partial charge on any atom is -0.299 e. The number of benzene rings is 2. The number of carbonyl (C=O) groups excluding carboxylic acids is 1. The second-order valence-electron chi connectivity index (χ2n) is 8.86. The molecule has 0 spiro atoms. The molecule has 4 atom stereocenters. The fourth-order valence-electron chi connectivity index (χ4n) is 6.10. The van der Waals surface area contributed by atoms with Crippen molar-refractivity contribution < 1.29 is 4.79 Å². The van der Waals surface area contributed by atoms with E-state index in [1.165, 1.54) is 24.0 Å². The summed E-state index contributed by atoms with van der Waals surface area (Å²) in [5, 5.41) is 0. The molecule has 3 aliphatic rings. The van der Waals surface area contributed by atoms with Gasteiger partial charge in [-0.1, -0.05) is 43.0 Å². The Bertz CT molecular complexity index is 945.